The van der Waals surface area contributed by atoms with Gasteiger partial charge in [0.05, 0.1) is 22.8 Å². The molecular weight excluding hydrogens is 392 g/mol. The van der Waals surface area contributed by atoms with Crippen molar-refractivity contribution in [2.24, 2.45) is 7.05 Å². The molecule has 5 rings (SSSR count). The van der Waals surface area contributed by atoms with Gasteiger partial charge in [0, 0.05) is 37.7 Å². The number of hydrogen-bond donors (Lipinski definition) is 0. The molecule has 0 radical (unpaired) electrons. The Hall–Kier alpha value is -3.36. The van der Waals surface area contributed by atoms with Crippen LogP contribution in [0.5, 0.6) is 0 Å². The molecule has 0 spiro atoms. The highest BCUT2D eigenvalue weighted by Crippen LogP contribution is 2.29. The summed E-state index contributed by atoms with van der Waals surface area (Å²) in [5.74, 6) is 1.85. The van der Waals surface area contributed by atoms with E-state index in [1.165, 1.54) is 0 Å². The minimum absolute atomic E-state index is 0.0412. The summed E-state index contributed by atoms with van der Waals surface area (Å²) in [7, 11) is 1.78. The molecule has 5 heterocycles. The number of fused-ring (bicyclic) bond motifs is 2. The fraction of sp³-hybridized carbons (Fsp3) is 0.455. The van der Waals surface area contributed by atoms with Crippen molar-refractivity contribution < 1.29 is 0 Å². The van der Waals surface area contributed by atoms with Crippen molar-refractivity contribution >= 4 is 22.5 Å². The van der Waals surface area contributed by atoms with Gasteiger partial charge in [0.2, 0.25) is 5.95 Å². The van der Waals surface area contributed by atoms with Crippen LogP contribution in [0.4, 0.5) is 5.95 Å². The van der Waals surface area contributed by atoms with E-state index in [9.17, 15) is 4.79 Å². The van der Waals surface area contributed by atoms with Crippen molar-refractivity contribution in [1.82, 2.24) is 34.3 Å². The largest absolute Gasteiger partial charge is 0.342 e. The predicted octanol–water partition coefficient (Wildman–Crippen LogP) is 2.45. The van der Waals surface area contributed by atoms with Crippen molar-refractivity contribution in [1.29, 1.82) is 0 Å². The van der Waals surface area contributed by atoms with Crippen LogP contribution < -0.4 is 10.5 Å². The second kappa shape index (κ2) is 7.11. The normalized spacial score (nSPS) is 15.8. The third kappa shape index (κ3) is 3.34. The first-order chi connectivity index (χ1) is 14.8. The Balaban J connectivity index is 1.42. The summed E-state index contributed by atoms with van der Waals surface area (Å²) >= 11 is 0. The smallest absolute Gasteiger partial charge is 0.262 e. The van der Waals surface area contributed by atoms with Gasteiger partial charge in [-0.25, -0.2) is 4.98 Å². The van der Waals surface area contributed by atoms with Crippen LogP contribution in [-0.2, 0) is 12.5 Å². The second-order valence-corrected chi connectivity index (χ2v) is 9.23. The zero-order valence-corrected chi connectivity index (χ0v) is 18.3. The van der Waals surface area contributed by atoms with Gasteiger partial charge in [0.15, 0.2) is 11.5 Å². The number of piperidine rings is 1. The lowest BCUT2D eigenvalue weighted by atomic mass is 9.92. The van der Waals surface area contributed by atoms with E-state index < -0.39 is 0 Å². The van der Waals surface area contributed by atoms with Crippen LogP contribution in [0.1, 0.15) is 51.0 Å². The maximum atomic E-state index is 12.7. The Bertz CT molecular complexity index is 1330. The average Bonchev–Trinajstić information content (AvgIpc) is 3.19. The van der Waals surface area contributed by atoms with E-state index in [1.807, 2.05) is 16.6 Å². The van der Waals surface area contributed by atoms with Crippen LogP contribution in [0, 0.1) is 0 Å². The molecule has 31 heavy (non-hydrogen) atoms. The minimum atomic E-state index is -0.0492. The lowest BCUT2D eigenvalue weighted by Crippen LogP contribution is -2.38. The quantitative estimate of drug-likeness (QED) is 0.493. The number of pyridine rings is 1. The summed E-state index contributed by atoms with van der Waals surface area (Å²) in [4.78, 5) is 23.7. The van der Waals surface area contributed by atoms with Gasteiger partial charge < -0.3 is 4.90 Å². The topological polar surface area (TPSA) is 94.1 Å². The van der Waals surface area contributed by atoms with Crippen molar-refractivity contribution in [2.45, 2.75) is 44.9 Å². The van der Waals surface area contributed by atoms with E-state index in [-0.39, 0.29) is 16.9 Å². The SMILES string of the molecule is Cn1c(N2CCC(c3nnc4ccc(C(C)(C)C)nn34)CC2)nc2cnccc2c1=O. The van der Waals surface area contributed by atoms with Crippen LogP contribution >= 0.6 is 0 Å². The monoisotopic (exact) mass is 418 g/mol. The summed E-state index contributed by atoms with van der Waals surface area (Å²) in [5.41, 5.74) is 2.33. The van der Waals surface area contributed by atoms with E-state index in [0.717, 1.165) is 43.1 Å². The molecule has 4 aromatic rings. The molecule has 9 heteroatoms. The number of nitrogens with zero attached hydrogens (tertiary/aromatic N) is 8. The summed E-state index contributed by atoms with van der Waals surface area (Å²) in [6.45, 7) is 8.02. The van der Waals surface area contributed by atoms with Gasteiger partial charge in [-0.05, 0) is 31.0 Å². The predicted molar refractivity (Wildman–Crippen MR) is 118 cm³/mol. The molecule has 1 aliphatic rings. The Kier molecular flexibility index (Phi) is 4.49. The van der Waals surface area contributed by atoms with Crippen LogP contribution in [0.15, 0.2) is 35.4 Å². The van der Waals surface area contributed by atoms with Crippen molar-refractivity contribution in [3.05, 3.63) is 52.5 Å². The van der Waals surface area contributed by atoms with Gasteiger partial charge >= 0.3 is 0 Å². The first-order valence-electron chi connectivity index (χ1n) is 10.6. The highest BCUT2D eigenvalue weighted by Gasteiger charge is 2.28. The van der Waals surface area contributed by atoms with Gasteiger partial charge in [-0.15, -0.1) is 10.2 Å². The zero-order chi connectivity index (χ0) is 21.8. The first kappa shape index (κ1) is 19.6. The average molecular weight is 419 g/mol. The number of rotatable bonds is 2. The molecule has 1 saturated heterocycles. The fourth-order valence-corrected chi connectivity index (χ4v) is 4.19. The first-order valence-corrected chi connectivity index (χ1v) is 10.6. The van der Waals surface area contributed by atoms with E-state index in [0.29, 0.717) is 16.9 Å². The molecule has 0 N–H and O–H groups in total. The highest BCUT2D eigenvalue weighted by atomic mass is 16.1. The van der Waals surface area contributed by atoms with Crippen LogP contribution in [0.2, 0.25) is 0 Å². The standard InChI is InChI=1S/C22H26N8O/c1-22(2,3)17-5-6-18-25-26-19(30(18)27-17)14-8-11-29(12-9-14)21-24-16-13-23-10-7-15(16)20(31)28(21)4/h5-7,10,13-14H,8-9,11-12H2,1-4H3. The summed E-state index contributed by atoms with van der Waals surface area (Å²) < 4.78 is 3.53. The van der Waals surface area contributed by atoms with E-state index >= 15 is 0 Å². The molecular formula is C22H26N8O. The van der Waals surface area contributed by atoms with Gasteiger partial charge in [-0.2, -0.15) is 9.61 Å². The molecule has 0 aliphatic carbocycles. The summed E-state index contributed by atoms with van der Waals surface area (Å²) in [6, 6.07) is 5.73. The van der Waals surface area contributed by atoms with Gasteiger partial charge in [0.1, 0.15) is 0 Å². The Labute approximate surface area is 179 Å². The molecule has 0 saturated carbocycles. The van der Waals surface area contributed by atoms with Crippen LogP contribution in [0.3, 0.4) is 0 Å². The number of aromatic nitrogens is 7. The third-order valence-electron chi connectivity index (χ3n) is 6.05. The Morgan fingerprint density at radius 3 is 2.58 bits per heavy atom. The molecule has 4 aromatic heterocycles. The maximum Gasteiger partial charge on any atom is 0.262 e. The Morgan fingerprint density at radius 2 is 1.84 bits per heavy atom. The van der Waals surface area contributed by atoms with E-state index in [1.54, 1.807) is 30.1 Å². The third-order valence-corrected chi connectivity index (χ3v) is 6.05. The number of hydrogen-bond acceptors (Lipinski definition) is 7. The summed E-state index contributed by atoms with van der Waals surface area (Å²) in [5, 5.41) is 14.2. The van der Waals surface area contributed by atoms with Crippen LogP contribution in [0.25, 0.3) is 16.6 Å². The zero-order valence-electron chi connectivity index (χ0n) is 18.3. The molecule has 0 unspecified atom stereocenters. The van der Waals surface area contributed by atoms with Gasteiger partial charge in [-0.1, -0.05) is 20.8 Å². The molecule has 160 valence electrons. The second-order valence-electron chi connectivity index (χ2n) is 9.23. The molecule has 0 amide bonds. The highest BCUT2D eigenvalue weighted by molar-refractivity contribution is 5.77. The molecule has 0 atom stereocenters. The van der Waals surface area contributed by atoms with Crippen molar-refractivity contribution in [3.63, 3.8) is 0 Å². The van der Waals surface area contributed by atoms with E-state index in [4.69, 9.17) is 10.1 Å². The molecule has 0 aromatic carbocycles. The summed E-state index contributed by atoms with van der Waals surface area (Å²) in [6.07, 6.45) is 5.05. The van der Waals surface area contributed by atoms with Gasteiger partial charge in [-0.3, -0.25) is 14.3 Å². The van der Waals surface area contributed by atoms with Crippen LogP contribution in [-0.4, -0.2) is 47.4 Å². The fourth-order valence-electron chi connectivity index (χ4n) is 4.19. The van der Waals surface area contributed by atoms with Gasteiger partial charge in [0.25, 0.3) is 5.56 Å². The molecule has 1 aliphatic heterocycles. The van der Waals surface area contributed by atoms with Crippen molar-refractivity contribution in [3.8, 4) is 0 Å². The lowest BCUT2D eigenvalue weighted by molar-refractivity contribution is 0.465. The van der Waals surface area contributed by atoms with Crippen molar-refractivity contribution in [2.75, 3.05) is 18.0 Å². The number of anilines is 1. The maximum absolute atomic E-state index is 12.7. The van der Waals surface area contributed by atoms with E-state index in [2.05, 4.69) is 40.9 Å². The molecule has 0 bridgehead atoms. The molecule has 1 fully saturated rings. The minimum Gasteiger partial charge on any atom is -0.342 e. The lowest BCUT2D eigenvalue weighted by Gasteiger charge is -2.32. The Morgan fingerprint density at radius 1 is 1.06 bits per heavy atom. The molecule has 9 nitrogen and oxygen atoms in total.